The number of nitrogens with one attached hydrogen (secondary N) is 1. The quantitative estimate of drug-likeness (QED) is 0.854. The van der Waals surface area contributed by atoms with Gasteiger partial charge in [0.25, 0.3) is 0 Å². The maximum Gasteiger partial charge on any atom is 0.318 e. The van der Waals surface area contributed by atoms with Crippen molar-refractivity contribution in [1.82, 2.24) is 0 Å². The fourth-order valence-corrected chi connectivity index (χ4v) is 4.59. The van der Waals surface area contributed by atoms with E-state index in [-0.39, 0.29) is 12.1 Å². The fraction of sp³-hybridized carbons (Fsp3) is 0.381. The molecule has 2 aromatic rings. The number of para-hydroxylation sites is 2. The molecular formula is C21H22NO3+. The molecule has 0 spiro atoms. The molecule has 0 amide bonds. The van der Waals surface area contributed by atoms with Crippen LogP contribution in [0.3, 0.4) is 0 Å². The average molecular weight is 336 g/mol. The Balaban J connectivity index is 1.47. The van der Waals surface area contributed by atoms with Gasteiger partial charge in [-0.1, -0.05) is 36.4 Å². The van der Waals surface area contributed by atoms with Crippen LogP contribution in [0, 0.1) is 5.92 Å². The third-order valence-electron chi connectivity index (χ3n) is 5.94. The van der Waals surface area contributed by atoms with E-state index >= 15 is 0 Å². The van der Waals surface area contributed by atoms with Gasteiger partial charge in [0.1, 0.15) is 24.0 Å². The molecule has 6 rings (SSSR count). The molecule has 4 heteroatoms. The van der Waals surface area contributed by atoms with Gasteiger partial charge in [0, 0.05) is 29.9 Å². The highest BCUT2D eigenvalue weighted by atomic mass is 16.5. The van der Waals surface area contributed by atoms with Gasteiger partial charge in [0.05, 0.1) is 13.1 Å². The minimum Gasteiger partial charge on any atom is -0.457 e. The second-order valence-corrected chi connectivity index (χ2v) is 7.38. The van der Waals surface area contributed by atoms with Crippen molar-refractivity contribution in [2.45, 2.75) is 24.9 Å². The maximum absolute atomic E-state index is 13.2. The number of benzene rings is 2. The van der Waals surface area contributed by atoms with Crippen molar-refractivity contribution in [2.75, 3.05) is 19.6 Å². The molecule has 3 fully saturated rings. The zero-order valence-corrected chi connectivity index (χ0v) is 14.1. The number of carbonyl (C=O) groups is 1. The van der Waals surface area contributed by atoms with Crippen molar-refractivity contribution in [1.29, 1.82) is 0 Å². The Hall–Kier alpha value is -2.33. The number of rotatable bonds is 2. The second-order valence-electron chi connectivity index (χ2n) is 7.38. The molecule has 25 heavy (non-hydrogen) atoms. The number of hydrogen-bond donors (Lipinski definition) is 1. The van der Waals surface area contributed by atoms with E-state index in [9.17, 15) is 4.79 Å². The van der Waals surface area contributed by atoms with Crippen LogP contribution >= 0.6 is 0 Å². The number of esters is 1. The molecule has 4 nitrogen and oxygen atoms in total. The monoisotopic (exact) mass is 336 g/mol. The van der Waals surface area contributed by atoms with Gasteiger partial charge >= 0.3 is 5.97 Å². The molecule has 4 aliphatic heterocycles. The topological polar surface area (TPSA) is 40.0 Å². The lowest BCUT2D eigenvalue weighted by atomic mass is 9.85. The van der Waals surface area contributed by atoms with E-state index in [0.29, 0.717) is 5.92 Å². The van der Waals surface area contributed by atoms with Crippen molar-refractivity contribution in [3.05, 3.63) is 59.7 Å². The second kappa shape index (κ2) is 5.88. The van der Waals surface area contributed by atoms with Crippen molar-refractivity contribution >= 4 is 5.97 Å². The largest absolute Gasteiger partial charge is 0.457 e. The third kappa shape index (κ3) is 2.52. The van der Waals surface area contributed by atoms with E-state index in [2.05, 4.69) is 0 Å². The maximum atomic E-state index is 13.2. The molecule has 4 aliphatic rings. The Kier molecular flexibility index (Phi) is 3.52. The molecule has 128 valence electrons. The summed E-state index contributed by atoms with van der Waals surface area (Å²) in [6, 6.07) is 15.6. The van der Waals surface area contributed by atoms with Gasteiger partial charge in [0.2, 0.25) is 0 Å². The molecule has 0 aliphatic carbocycles. The zero-order chi connectivity index (χ0) is 16.8. The number of hydrogen-bond acceptors (Lipinski definition) is 3. The van der Waals surface area contributed by atoms with Crippen LogP contribution < -0.4 is 9.64 Å². The van der Waals surface area contributed by atoms with Gasteiger partial charge < -0.3 is 14.4 Å². The van der Waals surface area contributed by atoms with Crippen molar-refractivity contribution < 1.29 is 19.2 Å². The summed E-state index contributed by atoms with van der Waals surface area (Å²) in [6.45, 7) is 3.41. The molecule has 3 saturated heterocycles. The van der Waals surface area contributed by atoms with E-state index in [1.54, 1.807) is 4.90 Å². The highest BCUT2D eigenvalue weighted by Gasteiger charge is 2.42. The Morgan fingerprint density at radius 2 is 1.56 bits per heavy atom. The number of carbonyl (C=O) groups excluding carboxylic acids is 1. The van der Waals surface area contributed by atoms with Crippen LogP contribution in [0.1, 0.15) is 29.9 Å². The molecule has 2 aromatic carbocycles. The minimum atomic E-state index is -0.397. The van der Waals surface area contributed by atoms with E-state index < -0.39 is 5.92 Å². The van der Waals surface area contributed by atoms with E-state index in [1.165, 1.54) is 25.9 Å². The SMILES string of the molecule is O=C(O[C@@H]1C[NH+]2CCC1CC2)C1c2ccccc2Oc2ccccc21. The van der Waals surface area contributed by atoms with Crippen molar-refractivity contribution in [3.8, 4) is 11.5 Å². The van der Waals surface area contributed by atoms with Crippen molar-refractivity contribution in [2.24, 2.45) is 5.92 Å². The van der Waals surface area contributed by atoms with Gasteiger partial charge in [-0.05, 0) is 12.1 Å². The van der Waals surface area contributed by atoms with Gasteiger partial charge in [-0.2, -0.15) is 0 Å². The number of piperidine rings is 3. The molecule has 2 bridgehead atoms. The van der Waals surface area contributed by atoms with E-state index in [1.807, 2.05) is 48.5 Å². The first-order chi connectivity index (χ1) is 12.3. The fourth-order valence-electron chi connectivity index (χ4n) is 4.59. The molecular weight excluding hydrogens is 314 g/mol. The van der Waals surface area contributed by atoms with Gasteiger partial charge in [-0.25, -0.2) is 0 Å². The Bertz CT molecular complexity index is 765. The van der Waals surface area contributed by atoms with E-state index in [4.69, 9.17) is 9.47 Å². The lowest BCUT2D eigenvalue weighted by Gasteiger charge is -2.41. The summed E-state index contributed by atoms with van der Waals surface area (Å²) < 4.78 is 12.0. The number of ether oxygens (including phenoxy) is 2. The standard InChI is InChI=1S/C21H21NO3/c23-21(25-19-13-22-11-9-14(19)10-12-22)20-15-5-1-3-7-17(15)24-18-8-4-2-6-16(18)20/h1-8,14,19-20H,9-13H2/p+1/t19-/m1/s1. The molecule has 4 heterocycles. The number of quaternary nitrogens is 1. The van der Waals surface area contributed by atoms with Gasteiger partial charge in [-0.15, -0.1) is 0 Å². The van der Waals surface area contributed by atoms with Gasteiger partial charge in [-0.3, -0.25) is 4.79 Å². The first kappa shape index (κ1) is 15.0. The van der Waals surface area contributed by atoms with Crippen molar-refractivity contribution in [3.63, 3.8) is 0 Å². The van der Waals surface area contributed by atoms with Crippen LogP contribution in [-0.4, -0.2) is 31.7 Å². The summed E-state index contributed by atoms with van der Waals surface area (Å²) in [5.74, 6) is 1.50. The first-order valence-electron chi connectivity index (χ1n) is 9.19. The predicted octanol–water partition coefficient (Wildman–Crippen LogP) is 2.14. The molecule has 0 saturated carbocycles. The molecule has 0 radical (unpaired) electrons. The third-order valence-corrected chi connectivity index (χ3v) is 5.94. The summed E-state index contributed by atoms with van der Waals surface area (Å²) in [7, 11) is 0. The Morgan fingerprint density at radius 1 is 0.960 bits per heavy atom. The average Bonchev–Trinajstić information content (AvgIpc) is 2.67. The zero-order valence-electron chi connectivity index (χ0n) is 14.1. The summed E-state index contributed by atoms with van der Waals surface area (Å²) in [5, 5.41) is 0. The molecule has 0 aromatic heterocycles. The van der Waals surface area contributed by atoms with Gasteiger partial charge in [0.15, 0.2) is 6.10 Å². The highest BCUT2D eigenvalue weighted by Crippen LogP contribution is 2.44. The molecule has 1 N–H and O–H groups in total. The Morgan fingerprint density at radius 3 is 2.12 bits per heavy atom. The first-order valence-corrected chi connectivity index (χ1v) is 9.19. The van der Waals surface area contributed by atoms with E-state index in [0.717, 1.165) is 29.2 Å². The molecule has 1 atom stereocenters. The molecule has 0 unspecified atom stereocenters. The number of fused-ring (bicyclic) bond motifs is 5. The van der Waals surface area contributed by atoms with Crippen LogP contribution in [-0.2, 0) is 9.53 Å². The summed E-state index contributed by atoms with van der Waals surface area (Å²) in [4.78, 5) is 14.8. The smallest absolute Gasteiger partial charge is 0.318 e. The van der Waals surface area contributed by atoms with Crippen LogP contribution in [0.15, 0.2) is 48.5 Å². The Labute approximate surface area is 147 Å². The van der Waals surface area contributed by atoms with Crippen LogP contribution in [0.25, 0.3) is 0 Å². The van der Waals surface area contributed by atoms with Crippen LogP contribution in [0.2, 0.25) is 0 Å². The van der Waals surface area contributed by atoms with Crippen LogP contribution in [0.5, 0.6) is 11.5 Å². The summed E-state index contributed by atoms with van der Waals surface area (Å²) >= 11 is 0. The highest BCUT2D eigenvalue weighted by molar-refractivity contribution is 5.85. The normalized spacial score (nSPS) is 27.1. The summed E-state index contributed by atoms with van der Waals surface area (Å²) in [5.41, 5.74) is 1.81. The lowest BCUT2D eigenvalue weighted by Crippen LogP contribution is -3.16. The summed E-state index contributed by atoms with van der Waals surface area (Å²) in [6.07, 6.45) is 2.41. The predicted molar refractivity (Wildman–Crippen MR) is 93.0 cm³/mol. The van der Waals surface area contributed by atoms with Crippen LogP contribution in [0.4, 0.5) is 0 Å². The minimum absolute atomic E-state index is 0.0622. The lowest BCUT2D eigenvalue weighted by molar-refractivity contribution is -0.920.